The van der Waals surface area contributed by atoms with Gasteiger partial charge >= 0.3 is 0 Å². The van der Waals surface area contributed by atoms with E-state index >= 15 is 0 Å². The Morgan fingerprint density at radius 2 is 2.05 bits per heavy atom. The standard InChI is InChI=1S/C12H17ClFN3O2S/c13-2-5-16-3-1-4-17(7-6-16)20(18,19)12-8-11(14)9-15-10-12/h8-10H,1-7H2. The highest BCUT2D eigenvalue weighted by Gasteiger charge is 2.27. The zero-order chi connectivity index (χ0) is 14.6. The average Bonchev–Trinajstić information content (AvgIpc) is 2.65. The second-order valence-electron chi connectivity index (χ2n) is 4.63. The Morgan fingerprint density at radius 1 is 1.25 bits per heavy atom. The van der Waals surface area contributed by atoms with Crippen LogP contribution in [-0.4, -0.2) is 61.2 Å². The fourth-order valence-corrected chi connectivity index (χ4v) is 3.90. The van der Waals surface area contributed by atoms with Gasteiger partial charge in [0.05, 0.1) is 6.20 Å². The fraction of sp³-hybridized carbons (Fsp3) is 0.583. The molecule has 1 fully saturated rings. The number of rotatable bonds is 4. The Balaban J connectivity index is 2.14. The highest BCUT2D eigenvalue weighted by Crippen LogP contribution is 2.17. The molecule has 2 rings (SSSR count). The Labute approximate surface area is 123 Å². The van der Waals surface area contributed by atoms with Crippen LogP contribution in [0, 0.1) is 5.82 Å². The lowest BCUT2D eigenvalue weighted by molar-refractivity contribution is 0.303. The summed E-state index contributed by atoms with van der Waals surface area (Å²) in [6.07, 6.45) is 2.91. The van der Waals surface area contributed by atoms with E-state index in [9.17, 15) is 12.8 Å². The molecule has 0 radical (unpaired) electrons. The third kappa shape index (κ3) is 3.66. The van der Waals surface area contributed by atoms with Gasteiger partial charge in [-0.15, -0.1) is 11.6 Å². The molecule has 1 aromatic rings. The van der Waals surface area contributed by atoms with Gasteiger partial charge < -0.3 is 4.90 Å². The Bertz CT molecular complexity index is 555. The molecule has 0 unspecified atom stereocenters. The van der Waals surface area contributed by atoms with Gasteiger partial charge in [-0.05, 0) is 19.0 Å². The number of alkyl halides is 1. The quantitative estimate of drug-likeness (QED) is 0.781. The van der Waals surface area contributed by atoms with Crippen LogP contribution in [0.2, 0.25) is 0 Å². The van der Waals surface area contributed by atoms with E-state index in [1.54, 1.807) is 0 Å². The van der Waals surface area contributed by atoms with Crippen LogP contribution in [-0.2, 0) is 10.0 Å². The minimum absolute atomic E-state index is 0.0942. The Hall–Kier alpha value is -0.760. The van der Waals surface area contributed by atoms with Gasteiger partial charge in [0.2, 0.25) is 10.0 Å². The van der Waals surface area contributed by atoms with Crippen molar-refractivity contribution in [3.63, 3.8) is 0 Å². The summed E-state index contributed by atoms with van der Waals surface area (Å²) >= 11 is 5.70. The number of hydrogen-bond acceptors (Lipinski definition) is 4. The van der Waals surface area contributed by atoms with Gasteiger partial charge in [0.15, 0.2) is 0 Å². The molecule has 1 aromatic heterocycles. The van der Waals surface area contributed by atoms with E-state index in [0.717, 1.165) is 31.8 Å². The summed E-state index contributed by atoms with van der Waals surface area (Å²) in [6, 6.07) is 1.00. The number of aromatic nitrogens is 1. The maximum absolute atomic E-state index is 13.1. The second-order valence-corrected chi connectivity index (χ2v) is 6.94. The molecule has 2 heterocycles. The monoisotopic (exact) mass is 321 g/mol. The maximum Gasteiger partial charge on any atom is 0.244 e. The molecule has 0 bridgehead atoms. The van der Waals surface area contributed by atoms with E-state index in [4.69, 9.17) is 11.6 Å². The lowest BCUT2D eigenvalue weighted by Crippen LogP contribution is -2.35. The molecule has 0 atom stereocenters. The van der Waals surface area contributed by atoms with Crippen LogP contribution in [0.1, 0.15) is 6.42 Å². The number of pyridine rings is 1. The molecule has 5 nitrogen and oxygen atoms in total. The summed E-state index contributed by atoms with van der Waals surface area (Å²) in [5, 5.41) is 0. The Kier molecular flexibility index (Phi) is 5.31. The highest BCUT2D eigenvalue weighted by molar-refractivity contribution is 7.89. The van der Waals surface area contributed by atoms with Crippen molar-refractivity contribution in [3.8, 4) is 0 Å². The largest absolute Gasteiger partial charge is 0.301 e. The van der Waals surface area contributed by atoms with E-state index in [-0.39, 0.29) is 4.90 Å². The first-order chi connectivity index (χ1) is 9.54. The SMILES string of the molecule is O=S(=O)(c1cncc(F)c1)N1CCCN(CCCl)CC1. The van der Waals surface area contributed by atoms with Crippen molar-refractivity contribution in [2.24, 2.45) is 0 Å². The lowest BCUT2D eigenvalue weighted by atomic mass is 10.4. The van der Waals surface area contributed by atoms with Crippen molar-refractivity contribution >= 4 is 21.6 Å². The summed E-state index contributed by atoms with van der Waals surface area (Å²) in [6.45, 7) is 3.01. The highest BCUT2D eigenvalue weighted by atomic mass is 35.5. The number of hydrogen-bond donors (Lipinski definition) is 0. The number of sulfonamides is 1. The van der Waals surface area contributed by atoms with Crippen LogP contribution in [0.5, 0.6) is 0 Å². The first-order valence-corrected chi connectivity index (χ1v) is 8.40. The van der Waals surface area contributed by atoms with Crippen molar-refractivity contribution in [3.05, 3.63) is 24.3 Å². The molecule has 0 amide bonds. The summed E-state index contributed by atoms with van der Waals surface area (Å²) in [7, 11) is -3.68. The average molecular weight is 322 g/mol. The van der Waals surface area contributed by atoms with Crippen molar-refractivity contribution < 1.29 is 12.8 Å². The first kappa shape index (κ1) is 15.6. The van der Waals surface area contributed by atoms with Crippen LogP contribution >= 0.6 is 11.6 Å². The normalized spacial score (nSPS) is 18.9. The molecule has 0 N–H and O–H groups in total. The van der Waals surface area contributed by atoms with Gasteiger partial charge in [-0.2, -0.15) is 4.31 Å². The molecule has 20 heavy (non-hydrogen) atoms. The van der Waals surface area contributed by atoms with Crippen molar-refractivity contribution in [2.45, 2.75) is 11.3 Å². The van der Waals surface area contributed by atoms with Gasteiger partial charge in [0.1, 0.15) is 10.7 Å². The predicted octanol–water partition coefficient (Wildman–Crippen LogP) is 1.16. The minimum Gasteiger partial charge on any atom is -0.301 e. The lowest BCUT2D eigenvalue weighted by Gasteiger charge is -2.21. The molecule has 1 saturated heterocycles. The van der Waals surface area contributed by atoms with Crippen LogP contribution in [0.15, 0.2) is 23.4 Å². The third-order valence-electron chi connectivity index (χ3n) is 3.27. The summed E-state index contributed by atoms with van der Waals surface area (Å²) in [5.41, 5.74) is 0. The van der Waals surface area contributed by atoms with E-state index < -0.39 is 15.8 Å². The molecule has 0 aliphatic carbocycles. The molecular weight excluding hydrogens is 305 g/mol. The molecule has 1 aliphatic heterocycles. The van der Waals surface area contributed by atoms with Crippen LogP contribution in [0.25, 0.3) is 0 Å². The van der Waals surface area contributed by atoms with Crippen LogP contribution in [0.3, 0.4) is 0 Å². The van der Waals surface area contributed by atoms with E-state index in [1.165, 1.54) is 10.5 Å². The van der Waals surface area contributed by atoms with Gasteiger partial charge in [0, 0.05) is 38.3 Å². The molecule has 0 spiro atoms. The van der Waals surface area contributed by atoms with Gasteiger partial charge in [-0.3, -0.25) is 4.98 Å². The zero-order valence-electron chi connectivity index (χ0n) is 11.0. The summed E-state index contributed by atoms with van der Waals surface area (Å²) in [4.78, 5) is 5.64. The van der Waals surface area contributed by atoms with Gasteiger partial charge in [-0.25, -0.2) is 12.8 Å². The minimum atomic E-state index is -3.68. The number of nitrogens with zero attached hydrogens (tertiary/aromatic N) is 3. The van der Waals surface area contributed by atoms with Crippen LogP contribution in [0.4, 0.5) is 4.39 Å². The first-order valence-electron chi connectivity index (χ1n) is 6.43. The molecule has 1 aliphatic rings. The Morgan fingerprint density at radius 3 is 2.75 bits per heavy atom. The van der Waals surface area contributed by atoms with Gasteiger partial charge in [0.25, 0.3) is 0 Å². The predicted molar refractivity (Wildman–Crippen MR) is 74.7 cm³/mol. The smallest absolute Gasteiger partial charge is 0.244 e. The second kappa shape index (κ2) is 6.80. The molecule has 112 valence electrons. The zero-order valence-corrected chi connectivity index (χ0v) is 12.6. The third-order valence-corrected chi connectivity index (χ3v) is 5.30. The van der Waals surface area contributed by atoms with E-state index in [1.807, 2.05) is 0 Å². The fourth-order valence-electron chi connectivity index (χ4n) is 2.21. The van der Waals surface area contributed by atoms with Crippen molar-refractivity contribution in [1.82, 2.24) is 14.2 Å². The summed E-state index contributed by atoms with van der Waals surface area (Å²) in [5.74, 6) is -0.120. The molecular formula is C12H17ClFN3O2S. The summed E-state index contributed by atoms with van der Waals surface area (Å²) < 4.78 is 39.4. The molecule has 0 saturated carbocycles. The van der Waals surface area contributed by atoms with E-state index in [0.29, 0.717) is 25.5 Å². The topological polar surface area (TPSA) is 53.5 Å². The van der Waals surface area contributed by atoms with E-state index in [2.05, 4.69) is 9.88 Å². The van der Waals surface area contributed by atoms with Gasteiger partial charge in [-0.1, -0.05) is 0 Å². The maximum atomic E-state index is 13.1. The molecule has 8 heteroatoms. The van der Waals surface area contributed by atoms with Crippen molar-refractivity contribution in [2.75, 3.05) is 38.6 Å². The van der Waals surface area contributed by atoms with Crippen molar-refractivity contribution in [1.29, 1.82) is 0 Å². The number of halogens is 2. The molecule has 0 aromatic carbocycles. The van der Waals surface area contributed by atoms with Crippen LogP contribution < -0.4 is 0 Å².